The number of ether oxygens (including phenoxy) is 2. The van der Waals surface area contributed by atoms with E-state index in [1.807, 2.05) is 10.9 Å². The summed E-state index contributed by atoms with van der Waals surface area (Å²) < 4.78 is 26.8. The Morgan fingerprint density at radius 3 is 2.74 bits per heavy atom. The van der Waals surface area contributed by atoms with Gasteiger partial charge in [-0.3, -0.25) is 4.68 Å². The van der Waals surface area contributed by atoms with Crippen LogP contribution in [0, 0.1) is 11.7 Å². The van der Waals surface area contributed by atoms with Crippen molar-refractivity contribution in [3.63, 3.8) is 0 Å². The predicted octanol–water partition coefficient (Wildman–Crippen LogP) is 3.80. The lowest BCUT2D eigenvalue weighted by atomic mass is 9.96. The van der Waals surface area contributed by atoms with Gasteiger partial charge >= 0.3 is 0 Å². The van der Waals surface area contributed by atoms with E-state index in [1.165, 1.54) is 32.2 Å². The fourth-order valence-corrected chi connectivity index (χ4v) is 4.63. The Morgan fingerprint density at radius 1 is 1.26 bits per heavy atom. The van der Waals surface area contributed by atoms with Crippen LogP contribution in [0.1, 0.15) is 45.1 Å². The van der Waals surface area contributed by atoms with Gasteiger partial charge in [-0.25, -0.2) is 14.4 Å². The molecule has 0 amide bonds. The first kappa shape index (κ1) is 24.3. The molecule has 2 fully saturated rings. The van der Waals surface area contributed by atoms with Crippen molar-refractivity contribution in [3.05, 3.63) is 41.6 Å². The molecule has 0 unspecified atom stereocenters. The van der Waals surface area contributed by atoms with Crippen LogP contribution in [0.3, 0.4) is 0 Å². The van der Waals surface area contributed by atoms with Gasteiger partial charge < -0.3 is 20.1 Å². The molecule has 2 aromatic rings. The summed E-state index contributed by atoms with van der Waals surface area (Å²) in [5.74, 6) is 0.0274. The summed E-state index contributed by atoms with van der Waals surface area (Å²) in [6.07, 6.45) is 8.92. The Kier molecular flexibility index (Phi) is 7.95. The normalized spacial score (nSPS) is 21.1. The summed E-state index contributed by atoms with van der Waals surface area (Å²) in [4.78, 5) is 11.4. The highest BCUT2D eigenvalue weighted by atomic mass is 19.1. The fraction of sp³-hybridized carbons (Fsp3) is 0.560. The zero-order chi connectivity index (χ0) is 24.1. The van der Waals surface area contributed by atoms with Gasteiger partial charge in [0.15, 0.2) is 5.82 Å². The summed E-state index contributed by atoms with van der Waals surface area (Å²) in [5.41, 5.74) is 9.94. The number of hydrogen-bond acceptors (Lipinski definition) is 7. The third-order valence-corrected chi connectivity index (χ3v) is 6.67. The molecule has 8 nitrogen and oxygen atoms in total. The molecule has 4 rings (SSSR count). The van der Waals surface area contributed by atoms with Crippen molar-refractivity contribution in [2.45, 2.75) is 52.1 Å². The monoisotopic (exact) mass is 470 g/mol. The second-order valence-electron chi connectivity index (χ2n) is 9.27. The molecule has 0 atom stereocenters. The van der Waals surface area contributed by atoms with Crippen molar-refractivity contribution in [1.82, 2.24) is 19.7 Å². The number of aliphatic imine (C=N–C) groups is 1. The molecule has 0 aliphatic carbocycles. The fourth-order valence-electron chi connectivity index (χ4n) is 4.63. The van der Waals surface area contributed by atoms with Crippen LogP contribution in [0.15, 0.2) is 35.2 Å². The molecule has 2 N–H and O–H groups in total. The average Bonchev–Trinajstić information content (AvgIpc) is 3.13. The van der Waals surface area contributed by atoms with Gasteiger partial charge in [0, 0.05) is 42.2 Å². The molecule has 0 bridgehead atoms. The number of pyridine rings is 1. The van der Waals surface area contributed by atoms with Crippen LogP contribution in [-0.2, 0) is 11.3 Å². The van der Waals surface area contributed by atoms with Crippen LogP contribution >= 0.6 is 0 Å². The zero-order valence-electron chi connectivity index (χ0n) is 20.3. The van der Waals surface area contributed by atoms with Crippen molar-refractivity contribution in [2.24, 2.45) is 16.6 Å². The van der Waals surface area contributed by atoms with E-state index < -0.39 is 5.82 Å². The van der Waals surface area contributed by atoms with Crippen molar-refractivity contribution in [3.8, 4) is 5.88 Å². The number of piperidine rings is 1. The topological polar surface area (TPSA) is 90.8 Å². The van der Waals surface area contributed by atoms with Gasteiger partial charge in [-0.15, -0.1) is 0 Å². The molecule has 0 spiro atoms. The van der Waals surface area contributed by atoms with E-state index >= 15 is 0 Å². The number of rotatable bonds is 6. The van der Waals surface area contributed by atoms with E-state index in [4.69, 9.17) is 20.2 Å². The Balaban J connectivity index is 1.52. The summed E-state index contributed by atoms with van der Waals surface area (Å²) in [6, 6.07) is 1.96. The van der Waals surface area contributed by atoms with Crippen LogP contribution in [0.25, 0.3) is 5.70 Å². The Hall–Kier alpha value is -2.78. The highest BCUT2D eigenvalue weighted by Gasteiger charge is 2.22. The van der Waals surface area contributed by atoms with Gasteiger partial charge in [0.2, 0.25) is 5.88 Å². The number of hydrogen-bond donors (Lipinski definition) is 1. The lowest BCUT2D eigenvalue weighted by molar-refractivity contribution is 0.140. The Morgan fingerprint density at radius 2 is 2.03 bits per heavy atom. The molecule has 9 heteroatoms. The molecule has 4 heterocycles. The second-order valence-corrected chi connectivity index (χ2v) is 9.27. The van der Waals surface area contributed by atoms with Crippen LogP contribution in [0.2, 0.25) is 0 Å². The largest absolute Gasteiger partial charge is 0.479 e. The first-order valence-electron chi connectivity index (χ1n) is 12.0. The molecule has 34 heavy (non-hydrogen) atoms. The minimum Gasteiger partial charge on any atom is -0.479 e. The predicted molar refractivity (Wildman–Crippen MR) is 131 cm³/mol. The minimum absolute atomic E-state index is 0.0538. The number of nitrogens with two attached hydrogens (primary N) is 1. The van der Waals surface area contributed by atoms with Crippen molar-refractivity contribution in [2.75, 3.05) is 33.4 Å². The SMILES string of the molecule is COc1ncc(C(N)=C2CCOCCC2=Nc2cnn(CC3CCN(C(C)C)CC3)c2)cc1F. The second kappa shape index (κ2) is 11.1. The molecular weight excluding hydrogens is 435 g/mol. The molecule has 0 saturated carbocycles. The van der Waals surface area contributed by atoms with Crippen LogP contribution in [0.5, 0.6) is 5.88 Å². The molecule has 2 aliphatic heterocycles. The number of likely N-dealkylation sites (tertiary alicyclic amines) is 1. The minimum atomic E-state index is -0.549. The maximum absolute atomic E-state index is 14.2. The summed E-state index contributed by atoms with van der Waals surface area (Å²) in [6.45, 7) is 8.81. The number of nitrogens with zero attached hydrogens (tertiary/aromatic N) is 5. The lowest BCUT2D eigenvalue weighted by Gasteiger charge is -2.34. The van der Waals surface area contributed by atoms with Gasteiger partial charge in [-0.1, -0.05) is 0 Å². The van der Waals surface area contributed by atoms with Gasteiger partial charge in [0.05, 0.1) is 32.7 Å². The van der Waals surface area contributed by atoms with E-state index in [0.29, 0.717) is 49.3 Å². The van der Waals surface area contributed by atoms with Crippen molar-refractivity contribution >= 4 is 17.1 Å². The number of halogens is 1. The van der Waals surface area contributed by atoms with E-state index in [-0.39, 0.29) is 5.88 Å². The molecule has 0 aromatic carbocycles. The van der Waals surface area contributed by atoms with E-state index in [9.17, 15) is 4.39 Å². The van der Waals surface area contributed by atoms with E-state index in [2.05, 4.69) is 28.8 Å². The first-order valence-corrected chi connectivity index (χ1v) is 12.0. The van der Waals surface area contributed by atoms with Gasteiger partial charge in [0.1, 0.15) is 5.69 Å². The van der Waals surface area contributed by atoms with Crippen LogP contribution < -0.4 is 10.5 Å². The smallest absolute Gasteiger partial charge is 0.250 e. The molecule has 2 aliphatic rings. The maximum atomic E-state index is 14.2. The maximum Gasteiger partial charge on any atom is 0.250 e. The summed E-state index contributed by atoms with van der Waals surface area (Å²) >= 11 is 0. The lowest BCUT2D eigenvalue weighted by Crippen LogP contribution is -2.39. The Bertz CT molecular complexity index is 1040. The van der Waals surface area contributed by atoms with E-state index in [0.717, 1.165) is 36.6 Å². The van der Waals surface area contributed by atoms with Gasteiger partial charge in [0.25, 0.3) is 0 Å². The first-order chi connectivity index (χ1) is 16.4. The third-order valence-electron chi connectivity index (χ3n) is 6.67. The zero-order valence-corrected chi connectivity index (χ0v) is 20.3. The van der Waals surface area contributed by atoms with Gasteiger partial charge in [-0.2, -0.15) is 5.10 Å². The summed E-state index contributed by atoms with van der Waals surface area (Å²) in [5, 5.41) is 4.56. The molecule has 2 saturated heterocycles. The van der Waals surface area contributed by atoms with Crippen LogP contribution in [0.4, 0.5) is 10.1 Å². The molecular formula is C25H35FN6O2. The van der Waals surface area contributed by atoms with Crippen molar-refractivity contribution < 1.29 is 13.9 Å². The molecule has 0 radical (unpaired) electrons. The number of methoxy groups -OCH3 is 1. The summed E-state index contributed by atoms with van der Waals surface area (Å²) in [7, 11) is 1.38. The van der Waals surface area contributed by atoms with Gasteiger partial charge in [-0.05, 0) is 63.8 Å². The quantitative estimate of drug-likeness (QED) is 0.691. The van der Waals surface area contributed by atoms with E-state index in [1.54, 1.807) is 6.20 Å². The standard InChI is InChI=1S/C25H35FN6O2/c1-17(2)31-8-4-18(5-9-31)15-32-16-20(14-29-32)30-23-7-11-34-10-6-21(23)24(27)19-12-22(26)25(33-3)28-13-19/h12-14,16-18H,4-11,15,27H2,1-3H3. The van der Waals surface area contributed by atoms with Crippen molar-refractivity contribution in [1.29, 1.82) is 0 Å². The average molecular weight is 471 g/mol. The number of aromatic nitrogens is 3. The van der Waals surface area contributed by atoms with Crippen LogP contribution in [-0.4, -0.2) is 64.8 Å². The molecule has 184 valence electrons. The molecule has 2 aromatic heterocycles. The third kappa shape index (κ3) is 5.82. The highest BCUT2D eigenvalue weighted by molar-refractivity contribution is 6.07. The highest BCUT2D eigenvalue weighted by Crippen LogP contribution is 2.26. The Labute approximate surface area is 200 Å².